The smallest absolute Gasteiger partial charge is 0.410 e. The summed E-state index contributed by atoms with van der Waals surface area (Å²) in [6.45, 7) is 5.69. The number of halogens is 3. The van der Waals surface area contributed by atoms with Crippen LogP contribution in [0, 0.1) is 5.82 Å². The molecule has 274 valence electrons. The highest BCUT2D eigenvalue weighted by molar-refractivity contribution is 6.39. The number of ether oxygens (including phenoxy) is 2. The van der Waals surface area contributed by atoms with E-state index in [0.717, 1.165) is 0 Å². The molecule has 52 heavy (non-hydrogen) atoms. The maximum atomic E-state index is 15.4. The summed E-state index contributed by atoms with van der Waals surface area (Å²) in [5.74, 6) is -1.98. The zero-order valence-corrected chi connectivity index (χ0v) is 30.4. The maximum absolute atomic E-state index is 15.4. The van der Waals surface area contributed by atoms with Crippen LogP contribution in [-0.4, -0.2) is 68.2 Å². The fraction of sp³-hybridized carbons (Fsp3) is 0.333. The summed E-state index contributed by atoms with van der Waals surface area (Å²) in [5, 5.41) is 15.2. The first-order valence-corrected chi connectivity index (χ1v) is 17.0. The molecule has 4 heterocycles. The standard InChI is InChI=1S/C36H38Cl2FN7O6/c1-36(2,3)52-35(50)46(18-20-9-11-27(47)43-20)17-19-8-10-25(45-34(19)51-4)22-13-14-41-32(30(22)38)23-6-5-7-26(29(23)37)44-33-31(39)21(12-15-42-33)24(40)16-28(48)49/h5-8,10,12-15,20,24H,9,11,16-18,40H2,1-4H3,(H,42,44)(H,43,47)(H,48,49)/t20-,24?/m0/s1. The first kappa shape index (κ1) is 38.2. The quantitative estimate of drug-likeness (QED) is 0.118. The van der Waals surface area contributed by atoms with E-state index in [2.05, 4.69) is 20.6 Å². The number of anilines is 2. The molecule has 5 N–H and O–H groups in total. The SMILES string of the molecule is COc1nc(-c2ccnc(-c3cccc(Nc4nccc(C(N)CC(=O)O)c4F)c3Cl)c2Cl)ccc1CN(C[C@@H]1CCC(=O)N1)C(=O)OC(C)(C)C. The van der Waals surface area contributed by atoms with E-state index in [1.54, 1.807) is 63.4 Å². The number of nitrogens with two attached hydrogens (primary N) is 1. The number of carboxylic acids is 1. The number of nitrogens with zero attached hydrogens (tertiary/aromatic N) is 4. The predicted molar refractivity (Wildman–Crippen MR) is 194 cm³/mol. The van der Waals surface area contributed by atoms with E-state index in [1.807, 2.05) is 0 Å². The molecular formula is C36H38Cl2FN7O6. The molecule has 13 nitrogen and oxygen atoms in total. The van der Waals surface area contributed by atoms with Crippen molar-refractivity contribution in [1.29, 1.82) is 0 Å². The van der Waals surface area contributed by atoms with Crippen molar-refractivity contribution in [1.82, 2.24) is 25.2 Å². The van der Waals surface area contributed by atoms with Crippen molar-refractivity contribution in [2.45, 2.75) is 64.3 Å². The number of carbonyl (C=O) groups excluding carboxylic acids is 2. The van der Waals surface area contributed by atoms with Crippen LogP contribution in [0.3, 0.4) is 0 Å². The molecule has 1 aliphatic rings. The van der Waals surface area contributed by atoms with Crippen LogP contribution in [-0.2, 0) is 20.9 Å². The van der Waals surface area contributed by atoms with Crippen molar-refractivity contribution in [3.8, 4) is 28.4 Å². The Kier molecular flexibility index (Phi) is 11.8. The van der Waals surface area contributed by atoms with E-state index in [0.29, 0.717) is 40.9 Å². The van der Waals surface area contributed by atoms with Crippen LogP contribution in [0.4, 0.5) is 20.7 Å². The number of nitrogens with one attached hydrogen (secondary N) is 2. The van der Waals surface area contributed by atoms with E-state index in [4.69, 9.17) is 48.5 Å². The third-order valence-electron chi connectivity index (χ3n) is 8.06. The van der Waals surface area contributed by atoms with Gasteiger partial charge in [0.25, 0.3) is 0 Å². The van der Waals surface area contributed by atoms with Gasteiger partial charge < -0.3 is 35.8 Å². The van der Waals surface area contributed by atoms with Crippen molar-refractivity contribution in [3.05, 3.63) is 81.8 Å². The second-order valence-corrected chi connectivity index (χ2v) is 13.9. The lowest BCUT2D eigenvalue weighted by molar-refractivity contribution is -0.137. The molecule has 2 amide bonds. The van der Waals surface area contributed by atoms with Gasteiger partial charge in [-0.3, -0.25) is 14.6 Å². The van der Waals surface area contributed by atoms with Crippen LogP contribution in [0.15, 0.2) is 54.9 Å². The van der Waals surface area contributed by atoms with Crippen LogP contribution in [0.2, 0.25) is 10.0 Å². The van der Waals surface area contributed by atoms with Crippen LogP contribution in [0.25, 0.3) is 22.5 Å². The summed E-state index contributed by atoms with van der Waals surface area (Å²) >= 11 is 13.8. The van der Waals surface area contributed by atoms with Crippen molar-refractivity contribution < 1.29 is 33.4 Å². The fourth-order valence-corrected chi connectivity index (χ4v) is 6.20. The number of aromatic nitrogens is 3. The highest BCUT2D eigenvalue weighted by atomic mass is 35.5. The summed E-state index contributed by atoms with van der Waals surface area (Å²) in [5.41, 5.74) is 7.75. The Hall–Kier alpha value is -5.05. The van der Waals surface area contributed by atoms with Crippen molar-refractivity contribution in [2.24, 2.45) is 5.73 Å². The van der Waals surface area contributed by atoms with E-state index in [1.165, 1.54) is 24.3 Å². The molecule has 5 rings (SSSR count). The summed E-state index contributed by atoms with van der Waals surface area (Å²) in [7, 11) is 1.47. The second kappa shape index (κ2) is 16.1. The average Bonchev–Trinajstić information content (AvgIpc) is 3.49. The first-order valence-electron chi connectivity index (χ1n) is 16.3. The third-order valence-corrected chi connectivity index (χ3v) is 8.85. The number of hydrogen-bond acceptors (Lipinski definition) is 10. The maximum Gasteiger partial charge on any atom is 0.410 e. The Morgan fingerprint density at radius 2 is 1.87 bits per heavy atom. The molecule has 0 saturated carbocycles. The van der Waals surface area contributed by atoms with Gasteiger partial charge in [-0.2, -0.15) is 0 Å². The summed E-state index contributed by atoms with van der Waals surface area (Å²) < 4.78 is 26.7. The molecule has 1 saturated heterocycles. The third kappa shape index (κ3) is 9.05. The number of carboxylic acid groups (broad SMARTS) is 1. The van der Waals surface area contributed by atoms with Gasteiger partial charge in [-0.25, -0.2) is 19.2 Å². The van der Waals surface area contributed by atoms with Crippen LogP contribution in [0.1, 0.15) is 57.2 Å². The van der Waals surface area contributed by atoms with Crippen LogP contribution in [0.5, 0.6) is 5.88 Å². The molecule has 16 heteroatoms. The zero-order chi connectivity index (χ0) is 37.7. The normalized spacial score (nSPS) is 14.8. The van der Waals surface area contributed by atoms with E-state index in [-0.39, 0.29) is 58.0 Å². The molecule has 2 atom stereocenters. The van der Waals surface area contributed by atoms with Gasteiger partial charge in [0.15, 0.2) is 11.6 Å². The Bertz CT molecular complexity index is 1990. The Morgan fingerprint density at radius 1 is 1.12 bits per heavy atom. The Labute approximate surface area is 309 Å². The molecule has 0 radical (unpaired) electrons. The largest absolute Gasteiger partial charge is 0.481 e. The van der Waals surface area contributed by atoms with Gasteiger partial charge >= 0.3 is 12.1 Å². The number of hydrogen-bond donors (Lipinski definition) is 4. The predicted octanol–water partition coefficient (Wildman–Crippen LogP) is 6.89. The highest BCUT2D eigenvalue weighted by Gasteiger charge is 2.29. The van der Waals surface area contributed by atoms with Crippen LogP contribution >= 0.6 is 23.2 Å². The van der Waals surface area contributed by atoms with Gasteiger partial charge in [0.1, 0.15) is 5.60 Å². The molecule has 0 bridgehead atoms. The van der Waals surface area contributed by atoms with Gasteiger partial charge in [-0.05, 0) is 57.5 Å². The lowest BCUT2D eigenvalue weighted by Gasteiger charge is -2.29. The Morgan fingerprint density at radius 3 is 2.54 bits per heavy atom. The number of pyridine rings is 3. The minimum absolute atomic E-state index is 0.0154. The molecule has 1 fully saturated rings. The van der Waals surface area contributed by atoms with Gasteiger partial charge in [-0.15, -0.1) is 0 Å². The molecule has 1 aromatic carbocycles. The fourth-order valence-electron chi connectivity index (χ4n) is 5.63. The van der Waals surface area contributed by atoms with Crippen molar-refractivity contribution in [3.63, 3.8) is 0 Å². The number of benzene rings is 1. The van der Waals surface area contributed by atoms with Crippen molar-refractivity contribution in [2.75, 3.05) is 19.0 Å². The number of methoxy groups -OCH3 is 1. The summed E-state index contributed by atoms with van der Waals surface area (Å²) in [6.07, 6.45) is 2.85. The lowest BCUT2D eigenvalue weighted by atomic mass is 10.0. The molecular weight excluding hydrogens is 716 g/mol. The summed E-state index contributed by atoms with van der Waals surface area (Å²) in [6, 6.07) is 10.2. The first-order chi connectivity index (χ1) is 24.6. The van der Waals surface area contributed by atoms with Gasteiger partial charge in [0.05, 0.1) is 47.2 Å². The van der Waals surface area contributed by atoms with Gasteiger partial charge in [0, 0.05) is 59.7 Å². The topological polar surface area (TPSA) is 182 Å². The molecule has 0 spiro atoms. The zero-order valence-electron chi connectivity index (χ0n) is 28.9. The number of amides is 2. The van der Waals surface area contributed by atoms with Crippen LogP contribution < -0.4 is 21.1 Å². The molecule has 1 unspecified atom stereocenters. The number of carbonyl (C=O) groups is 3. The number of aliphatic carboxylic acids is 1. The average molecular weight is 755 g/mol. The minimum atomic E-state index is -1.16. The monoisotopic (exact) mass is 753 g/mol. The van der Waals surface area contributed by atoms with E-state index >= 15 is 4.39 Å². The van der Waals surface area contributed by atoms with E-state index in [9.17, 15) is 14.4 Å². The Balaban J connectivity index is 1.43. The minimum Gasteiger partial charge on any atom is -0.481 e. The van der Waals surface area contributed by atoms with Gasteiger partial charge in [-0.1, -0.05) is 35.3 Å². The lowest BCUT2D eigenvalue weighted by Crippen LogP contribution is -2.43. The highest BCUT2D eigenvalue weighted by Crippen LogP contribution is 2.41. The van der Waals surface area contributed by atoms with Gasteiger partial charge in [0.2, 0.25) is 11.8 Å². The summed E-state index contributed by atoms with van der Waals surface area (Å²) in [4.78, 5) is 51.0. The molecule has 3 aromatic heterocycles. The number of rotatable bonds is 12. The molecule has 4 aromatic rings. The molecule has 0 aliphatic carbocycles. The second-order valence-electron chi connectivity index (χ2n) is 13.1. The molecule has 1 aliphatic heterocycles. The van der Waals surface area contributed by atoms with E-state index < -0.39 is 35.9 Å². The van der Waals surface area contributed by atoms with Crippen molar-refractivity contribution >= 4 is 52.7 Å².